The molecule has 1 amide bonds. The molecule has 0 unspecified atom stereocenters. The SMILES string of the molecule is O=C(Cn1cnc2c(-c3ccncc3)nsc2c1=O)Nc1cccc(F)c1. The predicted molar refractivity (Wildman–Crippen MR) is 99.9 cm³/mol. The lowest BCUT2D eigenvalue weighted by Gasteiger charge is -2.07. The van der Waals surface area contributed by atoms with Gasteiger partial charge in [0.05, 0.1) is 6.33 Å². The minimum atomic E-state index is -0.457. The van der Waals surface area contributed by atoms with E-state index in [1.807, 2.05) is 0 Å². The summed E-state index contributed by atoms with van der Waals surface area (Å²) in [5.74, 6) is -0.913. The van der Waals surface area contributed by atoms with Gasteiger partial charge in [0.1, 0.15) is 28.3 Å². The number of rotatable bonds is 4. The van der Waals surface area contributed by atoms with Gasteiger partial charge in [-0.2, -0.15) is 4.37 Å². The number of amides is 1. The molecule has 1 aromatic carbocycles. The maximum atomic E-state index is 13.2. The zero-order chi connectivity index (χ0) is 18.8. The van der Waals surface area contributed by atoms with Crippen molar-refractivity contribution in [3.05, 3.63) is 71.3 Å². The van der Waals surface area contributed by atoms with Crippen molar-refractivity contribution in [2.75, 3.05) is 5.32 Å². The van der Waals surface area contributed by atoms with E-state index in [1.165, 1.54) is 29.1 Å². The fourth-order valence-corrected chi connectivity index (χ4v) is 3.39. The molecule has 9 heteroatoms. The second-order valence-corrected chi connectivity index (χ2v) is 6.45. The van der Waals surface area contributed by atoms with Crippen molar-refractivity contribution in [2.45, 2.75) is 6.54 Å². The molecular formula is C18H12FN5O2S. The molecule has 0 bridgehead atoms. The quantitative estimate of drug-likeness (QED) is 0.587. The molecular weight excluding hydrogens is 369 g/mol. The number of halogens is 1. The Morgan fingerprint density at radius 1 is 1.22 bits per heavy atom. The zero-order valence-electron chi connectivity index (χ0n) is 13.8. The van der Waals surface area contributed by atoms with E-state index in [0.29, 0.717) is 21.6 Å². The number of carbonyl (C=O) groups is 1. The molecule has 0 aliphatic heterocycles. The Balaban J connectivity index is 1.61. The van der Waals surface area contributed by atoms with E-state index in [0.717, 1.165) is 17.1 Å². The Morgan fingerprint density at radius 2 is 2.04 bits per heavy atom. The fourth-order valence-electron chi connectivity index (χ4n) is 2.59. The van der Waals surface area contributed by atoms with E-state index in [2.05, 4.69) is 19.7 Å². The molecule has 0 saturated carbocycles. The van der Waals surface area contributed by atoms with E-state index < -0.39 is 11.7 Å². The largest absolute Gasteiger partial charge is 0.324 e. The van der Waals surface area contributed by atoms with Crippen LogP contribution in [-0.4, -0.2) is 24.8 Å². The van der Waals surface area contributed by atoms with Gasteiger partial charge in [-0.15, -0.1) is 0 Å². The van der Waals surface area contributed by atoms with E-state index in [4.69, 9.17) is 0 Å². The molecule has 3 heterocycles. The Morgan fingerprint density at radius 3 is 2.81 bits per heavy atom. The van der Waals surface area contributed by atoms with Crippen LogP contribution in [0.4, 0.5) is 10.1 Å². The highest BCUT2D eigenvalue weighted by molar-refractivity contribution is 7.13. The highest BCUT2D eigenvalue weighted by atomic mass is 32.1. The molecule has 134 valence electrons. The lowest BCUT2D eigenvalue weighted by atomic mass is 10.2. The molecule has 0 saturated heterocycles. The van der Waals surface area contributed by atoms with Crippen molar-refractivity contribution in [3.8, 4) is 11.3 Å². The van der Waals surface area contributed by atoms with Gasteiger partial charge in [-0.3, -0.25) is 19.1 Å². The average Bonchev–Trinajstić information content (AvgIpc) is 3.09. The lowest BCUT2D eigenvalue weighted by Crippen LogP contribution is -2.27. The summed E-state index contributed by atoms with van der Waals surface area (Å²) in [6.07, 6.45) is 4.59. The van der Waals surface area contributed by atoms with Crippen LogP contribution in [0.5, 0.6) is 0 Å². The van der Waals surface area contributed by atoms with Crippen molar-refractivity contribution in [3.63, 3.8) is 0 Å². The van der Waals surface area contributed by atoms with Crippen molar-refractivity contribution in [1.29, 1.82) is 0 Å². The number of hydrogen-bond donors (Lipinski definition) is 1. The molecule has 0 spiro atoms. The van der Waals surface area contributed by atoms with Crippen molar-refractivity contribution < 1.29 is 9.18 Å². The highest BCUT2D eigenvalue weighted by Crippen LogP contribution is 2.26. The monoisotopic (exact) mass is 381 g/mol. The number of anilines is 1. The Labute approximate surface area is 156 Å². The minimum Gasteiger partial charge on any atom is -0.324 e. The molecule has 4 rings (SSSR count). The standard InChI is InChI=1S/C18H12FN5O2S/c19-12-2-1-3-13(8-12)22-14(25)9-24-10-21-16-15(11-4-6-20-7-5-11)23-27-17(16)18(24)26/h1-8,10H,9H2,(H,22,25). The van der Waals surface area contributed by atoms with Gasteiger partial charge in [0.2, 0.25) is 5.91 Å². The van der Waals surface area contributed by atoms with Crippen LogP contribution < -0.4 is 10.9 Å². The van der Waals surface area contributed by atoms with E-state index in [9.17, 15) is 14.0 Å². The molecule has 0 aliphatic carbocycles. The second-order valence-electron chi connectivity index (χ2n) is 5.68. The summed E-state index contributed by atoms with van der Waals surface area (Å²) in [7, 11) is 0. The number of nitrogens with one attached hydrogen (secondary N) is 1. The first kappa shape index (κ1) is 17.0. The third kappa shape index (κ3) is 3.44. The highest BCUT2D eigenvalue weighted by Gasteiger charge is 2.15. The number of pyridine rings is 1. The molecule has 7 nitrogen and oxygen atoms in total. The Hall–Kier alpha value is -3.46. The molecule has 1 N–H and O–H groups in total. The van der Waals surface area contributed by atoms with Crippen molar-refractivity contribution in [1.82, 2.24) is 18.9 Å². The normalized spacial score (nSPS) is 10.9. The summed E-state index contributed by atoms with van der Waals surface area (Å²) in [6, 6.07) is 9.11. The maximum Gasteiger partial charge on any atom is 0.273 e. The second kappa shape index (κ2) is 7.04. The van der Waals surface area contributed by atoms with Crippen LogP contribution in [0.3, 0.4) is 0 Å². The topological polar surface area (TPSA) is 89.8 Å². The van der Waals surface area contributed by atoms with Crippen LogP contribution in [0, 0.1) is 5.82 Å². The number of nitrogens with zero attached hydrogens (tertiary/aromatic N) is 4. The van der Waals surface area contributed by atoms with Crippen LogP contribution >= 0.6 is 11.5 Å². The van der Waals surface area contributed by atoms with Gasteiger partial charge in [-0.1, -0.05) is 6.07 Å². The summed E-state index contributed by atoms with van der Waals surface area (Å²) in [4.78, 5) is 33.1. The van der Waals surface area contributed by atoms with Gasteiger partial charge in [-0.05, 0) is 41.9 Å². The van der Waals surface area contributed by atoms with Crippen LogP contribution in [0.25, 0.3) is 21.5 Å². The van der Waals surface area contributed by atoms with Crippen molar-refractivity contribution >= 4 is 33.3 Å². The minimum absolute atomic E-state index is 0.235. The van der Waals surface area contributed by atoms with Gasteiger partial charge in [0, 0.05) is 23.6 Å². The van der Waals surface area contributed by atoms with E-state index >= 15 is 0 Å². The first-order valence-corrected chi connectivity index (χ1v) is 8.70. The molecule has 0 aliphatic rings. The number of hydrogen-bond acceptors (Lipinski definition) is 6. The van der Waals surface area contributed by atoms with Crippen LogP contribution in [0.2, 0.25) is 0 Å². The Kier molecular flexibility index (Phi) is 4.43. The first-order chi connectivity index (χ1) is 13.1. The fraction of sp³-hybridized carbons (Fsp3) is 0.0556. The van der Waals surface area contributed by atoms with E-state index in [-0.39, 0.29) is 12.1 Å². The third-order valence-corrected chi connectivity index (χ3v) is 4.65. The van der Waals surface area contributed by atoms with Gasteiger partial charge in [0.25, 0.3) is 5.56 Å². The van der Waals surface area contributed by atoms with Crippen LogP contribution in [0.15, 0.2) is 59.9 Å². The lowest BCUT2D eigenvalue weighted by molar-refractivity contribution is -0.116. The van der Waals surface area contributed by atoms with Crippen LogP contribution in [0.1, 0.15) is 0 Å². The van der Waals surface area contributed by atoms with Gasteiger partial charge in [0.15, 0.2) is 0 Å². The first-order valence-electron chi connectivity index (χ1n) is 7.92. The van der Waals surface area contributed by atoms with Gasteiger partial charge >= 0.3 is 0 Å². The average molecular weight is 381 g/mol. The Bertz CT molecular complexity index is 1190. The van der Waals surface area contributed by atoms with Crippen molar-refractivity contribution in [2.24, 2.45) is 0 Å². The summed E-state index contributed by atoms with van der Waals surface area (Å²) in [6.45, 7) is -0.235. The molecule has 4 aromatic rings. The predicted octanol–water partition coefficient (Wildman–Crippen LogP) is 2.69. The third-order valence-electron chi connectivity index (χ3n) is 3.83. The zero-order valence-corrected chi connectivity index (χ0v) is 14.6. The summed E-state index contributed by atoms with van der Waals surface area (Å²) >= 11 is 1.04. The molecule has 0 atom stereocenters. The summed E-state index contributed by atoms with van der Waals surface area (Å²) in [5, 5.41) is 2.55. The number of fused-ring (bicyclic) bond motifs is 1. The number of benzene rings is 1. The maximum absolute atomic E-state index is 13.2. The molecule has 0 fully saturated rings. The number of aromatic nitrogens is 4. The molecule has 3 aromatic heterocycles. The van der Waals surface area contributed by atoms with Gasteiger partial charge < -0.3 is 5.32 Å². The summed E-state index contributed by atoms with van der Waals surface area (Å²) < 4.78 is 19.1. The smallest absolute Gasteiger partial charge is 0.273 e. The molecule has 27 heavy (non-hydrogen) atoms. The molecule has 0 radical (unpaired) electrons. The van der Waals surface area contributed by atoms with Gasteiger partial charge in [-0.25, -0.2) is 9.37 Å². The summed E-state index contributed by atoms with van der Waals surface area (Å²) in [5.41, 5.74) is 1.86. The van der Waals surface area contributed by atoms with E-state index in [1.54, 1.807) is 30.6 Å². The number of carbonyl (C=O) groups excluding carboxylic acids is 1. The van der Waals surface area contributed by atoms with Crippen LogP contribution in [-0.2, 0) is 11.3 Å².